The van der Waals surface area contributed by atoms with Gasteiger partial charge in [0.05, 0.1) is 23.4 Å². The fourth-order valence-electron chi connectivity index (χ4n) is 3.59. The SMILES string of the molecule is CN(C)c1ccc(CNC(=O)NC(Cn2cnc3ccccc32)c2ccc(F)cc2)cc1. The van der Waals surface area contributed by atoms with Gasteiger partial charge in [-0.25, -0.2) is 14.2 Å². The maximum Gasteiger partial charge on any atom is 0.315 e. The molecule has 0 saturated heterocycles. The largest absolute Gasteiger partial charge is 0.378 e. The topological polar surface area (TPSA) is 62.2 Å². The van der Waals surface area contributed by atoms with Gasteiger partial charge in [-0.3, -0.25) is 0 Å². The number of urea groups is 1. The van der Waals surface area contributed by atoms with Crippen LogP contribution in [0.3, 0.4) is 0 Å². The van der Waals surface area contributed by atoms with Crippen LogP contribution in [0.15, 0.2) is 79.1 Å². The summed E-state index contributed by atoms with van der Waals surface area (Å²) in [6, 6.07) is 21.4. The number of hydrogen-bond donors (Lipinski definition) is 2. The van der Waals surface area contributed by atoms with Crippen molar-refractivity contribution in [3.05, 3.63) is 96.1 Å². The van der Waals surface area contributed by atoms with Crippen LogP contribution in [0.4, 0.5) is 14.9 Å². The van der Waals surface area contributed by atoms with Crippen molar-refractivity contribution in [3.8, 4) is 0 Å². The number of carbonyl (C=O) groups excluding carboxylic acids is 1. The zero-order chi connectivity index (χ0) is 22.5. The first kappa shape index (κ1) is 21.4. The summed E-state index contributed by atoms with van der Waals surface area (Å²) in [5, 5.41) is 5.94. The molecule has 0 saturated carbocycles. The predicted molar refractivity (Wildman–Crippen MR) is 125 cm³/mol. The molecule has 6 nitrogen and oxygen atoms in total. The quantitative estimate of drug-likeness (QED) is 0.454. The summed E-state index contributed by atoms with van der Waals surface area (Å²) >= 11 is 0. The highest BCUT2D eigenvalue weighted by Gasteiger charge is 2.17. The average molecular weight is 432 g/mol. The van der Waals surface area contributed by atoms with Crippen molar-refractivity contribution in [2.75, 3.05) is 19.0 Å². The molecule has 0 spiro atoms. The minimum absolute atomic E-state index is 0.291. The van der Waals surface area contributed by atoms with E-state index in [-0.39, 0.29) is 17.9 Å². The molecule has 1 unspecified atom stereocenters. The second-order valence-electron chi connectivity index (χ2n) is 7.88. The molecule has 1 heterocycles. The van der Waals surface area contributed by atoms with Crippen LogP contribution in [0.25, 0.3) is 11.0 Å². The third kappa shape index (κ3) is 5.06. The predicted octanol–water partition coefficient (Wildman–Crippen LogP) is 4.48. The van der Waals surface area contributed by atoms with Gasteiger partial charge in [0.25, 0.3) is 0 Å². The van der Waals surface area contributed by atoms with Gasteiger partial charge < -0.3 is 20.1 Å². The molecule has 1 atom stereocenters. The van der Waals surface area contributed by atoms with Crippen LogP contribution >= 0.6 is 0 Å². The minimum atomic E-state index is -0.357. The Morgan fingerprint density at radius 3 is 2.47 bits per heavy atom. The van der Waals surface area contributed by atoms with Crippen molar-refractivity contribution in [2.45, 2.75) is 19.1 Å². The lowest BCUT2D eigenvalue weighted by Gasteiger charge is -2.21. The summed E-state index contributed by atoms with van der Waals surface area (Å²) in [6.07, 6.45) is 1.76. The van der Waals surface area contributed by atoms with Crippen molar-refractivity contribution >= 4 is 22.8 Å². The van der Waals surface area contributed by atoms with E-state index in [0.29, 0.717) is 13.1 Å². The lowest BCUT2D eigenvalue weighted by atomic mass is 10.1. The first-order valence-electron chi connectivity index (χ1n) is 10.5. The summed E-state index contributed by atoms with van der Waals surface area (Å²) in [5.74, 6) is -0.314. The van der Waals surface area contributed by atoms with E-state index >= 15 is 0 Å². The third-order valence-corrected chi connectivity index (χ3v) is 5.39. The second-order valence-corrected chi connectivity index (χ2v) is 7.88. The van der Waals surface area contributed by atoms with Crippen LogP contribution in [0.1, 0.15) is 17.2 Å². The van der Waals surface area contributed by atoms with Gasteiger partial charge in [0, 0.05) is 32.9 Å². The highest BCUT2D eigenvalue weighted by molar-refractivity contribution is 5.76. The number of benzene rings is 3. The first-order chi connectivity index (χ1) is 15.5. The number of anilines is 1. The fraction of sp³-hybridized carbons (Fsp3) is 0.200. The number of aromatic nitrogens is 2. The van der Waals surface area contributed by atoms with Gasteiger partial charge in [-0.15, -0.1) is 0 Å². The molecule has 0 aliphatic heterocycles. The highest BCUT2D eigenvalue weighted by Crippen LogP contribution is 2.20. The standard InChI is InChI=1S/C25H26FN5O/c1-30(2)21-13-7-18(8-14-21)15-27-25(32)29-23(19-9-11-20(26)12-10-19)16-31-17-28-22-5-3-4-6-24(22)31/h3-14,17,23H,15-16H2,1-2H3,(H2,27,29,32). The van der Waals surface area contributed by atoms with Crippen molar-refractivity contribution < 1.29 is 9.18 Å². The normalized spacial score (nSPS) is 11.8. The van der Waals surface area contributed by atoms with Crippen LogP contribution in [-0.4, -0.2) is 29.7 Å². The Labute approximate surface area is 186 Å². The van der Waals surface area contributed by atoms with Crippen molar-refractivity contribution in [1.29, 1.82) is 0 Å². The Morgan fingerprint density at radius 1 is 1.03 bits per heavy atom. The molecule has 2 amide bonds. The molecule has 0 aliphatic rings. The second kappa shape index (κ2) is 9.51. The van der Waals surface area contributed by atoms with Crippen molar-refractivity contribution in [1.82, 2.24) is 20.2 Å². The Balaban J connectivity index is 1.47. The maximum absolute atomic E-state index is 13.5. The van der Waals surface area contributed by atoms with E-state index in [9.17, 15) is 9.18 Å². The molecule has 4 aromatic rings. The van der Waals surface area contributed by atoms with Crippen molar-refractivity contribution in [2.24, 2.45) is 0 Å². The van der Waals surface area contributed by atoms with E-state index in [4.69, 9.17) is 0 Å². The number of carbonyl (C=O) groups is 1. The number of hydrogen-bond acceptors (Lipinski definition) is 3. The van der Waals surface area contributed by atoms with Crippen LogP contribution in [-0.2, 0) is 13.1 Å². The number of fused-ring (bicyclic) bond motifs is 1. The summed E-state index contributed by atoms with van der Waals surface area (Å²) in [6.45, 7) is 0.876. The Bertz CT molecular complexity index is 1190. The maximum atomic E-state index is 13.5. The molecule has 0 radical (unpaired) electrons. The van der Waals surface area contributed by atoms with Gasteiger partial charge in [-0.05, 0) is 47.5 Å². The molecule has 1 aromatic heterocycles. The molecular formula is C25H26FN5O. The Hall–Kier alpha value is -3.87. The van der Waals surface area contributed by atoms with Gasteiger partial charge in [-0.1, -0.05) is 36.4 Å². The van der Waals surface area contributed by atoms with E-state index in [0.717, 1.165) is 27.8 Å². The molecule has 4 rings (SSSR count). The zero-order valence-corrected chi connectivity index (χ0v) is 18.1. The number of nitrogens with one attached hydrogen (secondary N) is 2. The zero-order valence-electron chi connectivity index (χ0n) is 18.1. The Morgan fingerprint density at radius 2 is 1.75 bits per heavy atom. The number of amides is 2. The molecule has 0 fully saturated rings. The van der Waals surface area contributed by atoms with Crippen LogP contribution in [0.5, 0.6) is 0 Å². The number of imidazole rings is 1. The number of nitrogens with zero attached hydrogens (tertiary/aromatic N) is 3. The van der Waals surface area contributed by atoms with E-state index in [2.05, 4.69) is 15.6 Å². The van der Waals surface area contributed by atoms with Gasteiger partial charge in [-0.2, -0.15) is 0 Å². The summed E-state index contributed by atoms with van der Waals surface area (Å²) in [7, 11) is 3.97. The molecule has 164 valence electrons. The molecule has 0 bridgehead atoms. The molecule has 0 aliphatic carbocycles. The van der Waals surface area contributed by atoms with E-state index in [1.807, 2.05) is 72.1 Å². The molecule has 7 heteroatoms. The minimum Gasteiger partial charge on any atom is -0.378 e. The monoisotopic (exact) mass is 431 g/mol. The van der Waals surface area contributed by atoms with E-state index in [1.54, 1.807) is 18.5 Å². The van der Waals surface area contributed by atoms with Gasteiger partial charge in [0.15, 0.2) is 0 Å². The average Bonchev–Trinajstić information content (AvgIpc) is 3.21. The Kier molecular flexibility index (Phi) is 6.35. The highest BCUT2D eigenvalue weighted by atomic mass is 19.1. The van der Waals surface area contributed by atoms with Gasteiger partial charge >= 0.3 is 6.03 Å². The molecular weight excluding hydrogens is 405 g/mol. The van der Waals surface area contributed by atoms with Gasteiger partial charge in [0.1, 0.15) is 5.82 Å². The molecule has 32 heavy (non-hydrogen) atoms. The van der Waals surface area contributed by atoms with E-state index in [1.165, 1.54) is 12.1 Å². The summed E-state index contributed by atoms with van der Waals surface area (Å²) in [4.78, 5) is 19.2. The van der Waals surface area contributed by atoms with Crippen LogP contribution in [0.2, 0.25) is 0 Å². The third-order valence-electron chi connectivity index (χ3n) is 5.39. The van der Waals surface area contributed by atoms with Crippen LogP contribution in [0, 0.1) is 5.82 Å². The smallest absolute Gasteiger partial charge is 0.315 e. The van der Waals surface area contributed by atoms with E-state index < -0.39 is 0 Å². The number of para-hydroxylation sites is 2. The number of halogens is 1. The fourth-order valence-corrected chi connectivity index (χ4v) is 3.59. The molecule has 2 N–H and O–H groups in total. The first-order valence-corrected chi connectivity index (χ1v) is 10.5. The number of rotatable bonds is 7. The molecule has 3 aromatic carbocycles. The van der Waals surface area contributed by atoms with Gasteiger partial charge in [0.2, 0.25) is 0 Å². The lowest BCUT2D eigenvalue weighted by Crippen LogP contribution is -2.39. The van der Waals surface area contributed by atoms with Crippen molar-refractivity contribution in [3.63, 3.8) is 0 Å². The van der Waals surface area contributed by atoms with Crippen LogP contribution < -0.4 is 15.5 Å². The summed E-state index contributed by atoms with van der Waals surface area (Å²) in [5.41, 5.74) is 4.78. The summed E-state index contributed by atoms with van der Waals surface area (Å²) < 4.78 is 15.5. The lowest BCUT2D eigenvalue weighted by molar-refractivity contribution is 0.235.